The molecule has 1 aromatic heterocycles. The maximum absolute atomic E-state index is 13.3. The van der Waals surface area contributed by atoms with E-state index in [1.54, 1.807) is 17.9 Å². The van der Waals surface area contributed by atoms with E-state index in [-0.39, 0.29) is 24.6 Å². The molecule has 182 valence electrons. The summed E-state index contributed by atoms with van der Waals surface area (Å²) in [5.74, 6) is 0.571. The second kappa shape index (κ2) is 11.6. The lowest BCUT2D eigenvalue weighted by Gasteiger charge is -2.26. The molecule has 0 aliphatic carbocycles. The predicted molar refractivity (Wildman–Crippen MR) is 133 cm³/mol. The normalized spacial score (nSPS) is 14.7. The molecule has 35 heavy (non-hydrogen) atoms. The standard InChI is InChI=1S/C26H26N2O6S/c1-2-33-25(30)17-24-28(18-23(29)27-11-13-32-14-12-27)26(31)22(35-24)16-19-7-6-10-21(15-19)34-20-8-4-3-5-9-20/h3-10,15-17H,2,11-14,18H2,1H3/b22-16-,24-17-. The van der Waals surface area contributed by atoms with Crippen LogP contribution in [0.1, 0.15) is 12.5 Å². The summed E-state index contributed by atoms with van der Waals surface area (Å²) in [5.41, 5.74) is 0.410. The minimum Gasteiger partial charge on any atom is -0.463 e. The minimum absolute atomic E-state index is 0.161. The van der Waals surface area contributed by atoms with Gasteiger partial charge in [-0.25, -0.2) is 4.79 Å². The molecule has 8 nitrogen and oxygen atoms in total. The van der Waals surface area contributed by atoms with Crippen molar-refractivity contribution in [3.05, 3.63) is 79.7 Å². The van der Waals surface area contributed by atoms with Crippen LogP contribution in [0.5, 0.6) is 11.5 Å². The van der Waals surface area contributed by atoms with E-state index >= 15 is 0 Å². The van der Waals surface area contributed by atoms with E-state index in [0.717, 1.165) is 16.9 Å². The number of carbonyl (C=O) groups is 2. The molecule has 0 atom stereocenters. The van der Waals surface area contributed by atoms with Crippen LogP contribution in [-0.4, -0.2) is 54.3 Å². The molecule has 1 aliphatic rings. The van der Waals surface area contributed by atoms with Gasteiger partial charge in [-0.15, -0.1) is 11.3 Å². The van der Waals surface area contributed by atoms with Gasteiger partial charge in [-0.05, 0) is 42.8 Å². The lowest BCUT2D eigenvalue weighted by molar-refractivity contribution is -0.136. The molecule has 4 rings (SSSR count). The average Bonchev–Trinajstić information content (AvgIpc) is 3.14. The summed E-state index contributed by atoms with van der Waals surface area (Å²) < 4.78 is 18.3. The molecule has 1 amide bonds. The average molecular weight is 495 g/mol. The number of carbonyl (C=O) groups excluding carboxylic acids is 2. The molecule has 2 aromatic carbocycles. The fourth-order valence-corrected chi connectivity index (χ4v) is 4.60. The van der Waals surface area contributed by atoms with Crippen molar-refractivity contribution in [2.45, 2.75) is 13.5 Å². The van der Waals surface area contributed by atoms with Crippen molar-refractivity contribution in [3.63, 3.8) is 0 Å². The number of hydrogen-bond donors (Lipinski definition) is 0. The molecule has 0 spiro atoms. The van der Waals surface area contributed by atoms with Crippen LogP contribution >= 0.6 is 11.3 Å². The van der Waals surface area contributed by atoms with Crippen molar-refractivity contribution in [3.8, 4) is 11.5 Å². The summed E-state index contributed by atoms with van der Waals surface area (Å²) in [7, 11) is 0. The first-order valence-electron chi connectivity index (χ1n) is 11.3. The molecule has 0 bridgehead atoms. The van der Waals surface area contributed by atoms with Gasteiger partial charge in [-0.1, -0.05) is 30.3 Å². The minimum atomic E-state index is -0.564. The third-order valence-corrected chi connectivity index (χ3v) is 6.32. The number of morpholine rings is 1. The zero-order chi connectivity index (χ0) is 24.6. The van der Waals surface area contributed by atoms with Crippen molar-refractivity contribution < 1.29 is 23.8 Å². The van der Waals surface area contributed by atoms with Crippen LogP contribution in [-0.2, 0) is 25.6 Å². The molecule has 1 fully saturated rings. The highest BCUT2D eigenvalue weighted by molar-refractivity contribution is 7.07. The summed E-state index contributed by atoms with van der Waals surface area (Å²) in [4.78, 5) is 39.9. The Labute approximate surface area is 206 Å². The Hall–Kier alpha value is -3.69. The molecule has 9 heteroatoms. The summed E-state index contributed by atoms with van der Waals surface area (Å²) in [6.07, 6.45) is 2.98. The van der Waals surface area contributed by atoms with Gasteiger partial charge in [0.2, 0.25) is 5.91 Å². The number of ether oxygens (including phenoxy) is 3. The van der Waals surface area contributed by atoms with Crippen molar-refractivity contribution in [2.24, 2.45) is 0 Å². The zero-order valence-electron chi connectivity index (χ0n) is 19.3. The Bertz CT molecular complexity index is 1360. The first kappa shape index (κ1) is 24.4. The van der Waals surface area contributed by atoms with Gasteiger partial charge in [0.05, 0.1) is 30.4 Å². The van der Waals surface area contributed by atoms with Gasteiger partial charge in [0.15, 0.2) is 0 Å². The lowest BCUT2D eigenvalue weighted by Crippen LogP contribution is -2.45. The molecule has 3 aromatic rings. The summed E-state index contributed by atoms with van der Waals surface area (Å²) >= 11 is 1.14. The molecular formula is C26H26N2O6S. The molecular weight excluding hydrogens is 468 g/mol. The predicted octanol–water partition coefficient (Wildman–Crippen LogP) is 1.73. The Kier molecular flexibility index (Phi) is 8.12. The van der Waals surface area contributed by atoms with Crippen LogP contribution in [0, 0.1) is 0 Å². The molecule has 0 N–H and O–H groups in total. The van der Waals surface area contributed by atoms with Gasteiger partial charge in [-0.2, -0.15) is 0 Å². The van der Waals surface area contributed by atoms with E-state index in [2.05, 4.69) is 0 Å². The number of benzene rings is 2. The van der Waals surface area contributed by atoms with Crippen LogP contribution < -0.4 is 19.5 Å². The number of nitrogens with zero attached hydrogens (tertiary/aromatic N) is 2. The van der Waals surface area contributed by atoms with Crippen LogP contribution in [0.2, 0.25) is 0 Å². The largest absolute Gasteiger partial charge is 0.463 e. The number of esters is 1. The fourth-order valence-electron chi connectivity index (χ4n) is 3.57. The van der Waals surface area contributed by atoms with Gasteiger partial charge in [-0.3, -0.25) is 14.2 Å². The second-order valence-electron chi connectivity index (χ2n) is 7.72. The van der Waals surface area contributed by atoms with Gasteiger partial charge < -0.3 is 19.1 Å². The number of rotatable bonds is 7. The SMILES string of the molecule is CCOC(=O)/C=c1\s/c(=C\c2cccc(Oc3ccccc3)c2)c(=O)n1CC(=O)N1CCOCC1. The maximum Gasteiger partial charge on any atom is 0.333 e. The summed E-state index contributed by atoms with van der Waals surface area (Å²) in [6.45, 7) is 3.64. The number of para-hydroxylation sites is 1. The molecule has 0 saturated carbocycles. The van der Waals surface area contributed by atoms with Gasteiger partial charge in [0.25, 0.3) is 5.56 Å². The van der Waals surface area contributed by atoms with Crippen molar-refractivity contribution >= 4 is 35.4 Å². The third kappa shape index (κ3) is 6.46. The summed E-state index contributed by atoms with van der Waals surface area (Å²) in [6, 6.07) is 16.8. The Morgan fingerprint density at radius 3 is 2.54 bits per heavy atom. The highest BCUT2D eigenvalue weighted by Crippen LogP contribution is 2.21. The number of aromatic nitrogens is 1. The van der Waals surface area contributed by atoms with Crippen LogP contribution in [0.3, 0.4) is 0 Å². The molecule has 0 radical (unpaired) electrons. The van der Waals surface area contributed by atoms with Crippen molar-refractivity contribution in [1.82, 2.24) is 9.47 Å². The van der Waals surface area contributed by atoms with Crippen LogP contribution in [0.15, 0.2) is 59.4 Å². The first-order chi connectivity index (χ1) is 17.0. The topological polar surface area (TPSA) is 87.1 Å². The molecule has 0 unspecified atom stereocenters. The highest BCUT2D eigenvalue weighted by Gasteiger charge is 2.19. The highest BCUT2D eigenvalue weighted by atomic mass is 32.1. The van der Waals surface area contributed by atoms with E-state index in [1.165, 1.54) is 10.6 Å². The Morgan fingerprint density at radius 1 is 1.06 bits per heavy atom. The van der Waals surface area contributed by atoms with E-state index < -0.39 is 5.97 Å². The van der Waals surface area contributed by atoms with E-state index in [0.29, 0.717) is 47.0 Å². The van der Waals surface area contributed by atoms with Gasteiger partial charge in [0.1, 0.15) is 22.7 Å². The fraction of sp³-hybridized carbons (Fsp3) is 0.269. The first-order valence-corrected chi connectivity index (χ1v) is 12.1. The molecule has 2 heterocycles. The third-order valence-electron chi connectivity index (χ3n) is 5.26. The van der Waals surface area contributed by atoms with Gasteiger partial charge >= 0.3 is 5.97 Å². The smallest absolute Gasteiger partial charge is 0.333 e. The van der Waals surface area contributed by atoms with Crippen molar-refractivity contribution in [1.29, 1.82) is 0 Å². The van der Waals surface area contributed by atoms with Crippen LogP contribution in [0.25, 0.3) is 12.2 Å². The maximum atomic E-state index is 13.3. The van der Waals surface area contributed by atoms with E-state index in [1.807, 2.05) is 54.6 Å². The number of amides is 1. The van der Waals surface area contributed by atoms with E-state index in [4.69, 9.17) is 14.2 Å². The monoisotopic (exact) mass is 494 g/mol. The quantitative estimate of drug-likeness (QED) is 0.465. The number of thiazole rings is 1. The number of hydrogen-bond acceptors (Lipinski definition) is 7. The van der Waals surface area contributed by atoms with Crippen LogP contribution in [0.4, 0.5) is 0 Å². The second-order valence-corrected chi connectivity index (χ2v) is 8.78. The molecule has 1 saturated heterocycles. The Morgan fingerprint density at radius 2 is 1.80 bits per heavy atom. The van der Waals surface area contributed by atoms with E-state index in [9.17, 15) is 14.4 Å². The molecule has 1 aliphatic heterocycles. The zero-order valence-corrected chi connectivity index (χ0v) is 20.2. The lowest BCUT2D eigenvalue weighted by atomic mass is 10.2. The van der Waals surface area contributed by atoms with Gasteiger partial charge in [0, 0.05) is 13.1 Å². The Balaban J connectivity index is 1.68. The van der Waals surface area contributed by atoms with Crippen molar-refractivity contribution in [2.75, 3.05) is 32.9 Å². The summed E-state index contributed by atoms with van der Waals surface area (Å²) in [5, 5.41) is 0.